The SMILES string of the molecule is CCN(CC)C(=O)c1ccc(C(CCN2CCC(n3cnc4ccccc43)CC2)c2cccc(OC)c2)cc1. The molecule has 6 nitrogen and oxygen atoms in total. The van der Waals surface area contributed by atoms with E-state index in [2.05, 4.69) is 69.0 Å². The number of methoxy groups -OCH3 is 1. The second-order valence-corrected chi connectivity index (χ2v) is 10.4. The quantitative estimate of drug-likeness (QED) is 0.241. The Morgan fingerprint density at radius 2 is 1.72 bits per heavy atom. The van der Waals surface area contributed by atoms with E-state index in [4.69, 9.17) is 4.74 Å². The largest absolute Gasteiger partial charge is 0.497 e. The smallest absolute Gasteiger partial charge is 0.253 e. The molecule has 1 saturated heterocycles. The normalized spacial score (nSPS) is 15.4. The molecular formula is C33H40N4O2. The molecule has 0 bridgehead atoms. The Bertz CT molecular complexity index is 1370. The number of para-hydroxylation sites is 2. The average molecular weight is 525 g/mol. The third-order valence-corrected chi connectivity index (χ3v) is 8.27. The summed E-state index contributed by atoms with van der Waals surface area (Å²) in [5, 5.41) is 0. The van der Waals surface area contributed by atoms with Gasteiger partial charge in [-0.3, -0.25) is 4.79 Å². The van der Waals surface area contributed by atoms with Crippen LogP contribution in [0.1, 0.15) is 66.6 Å². The fraction of sp³-hybridized carbons (Fsp3) is 0.394. The lowest BCUT2D eigenvalue weighted by Crippen LogP contribution is -2.35. The number of carbonyl (C=O) groups is 1. The van der Waals surface area contributed by atoms with Gasteiger partial charge in [0.1, 0.15) is 5.75 Å². The van der Waals surface area contributed by atoms with Gasteiger partial charge in [0, 0.05) is 43.7 Å². The summed E-state index contributed by atoms with van der Waals surface area (Å²) in [6.07, 6.45) is 5.28. The van der Waals surface area contributed by atoms with Crippen LogP contribution in [0, 0.1) is 0 Å². The van der Waals surface area contributed by atoms with Crippen LogP contribution in [0.3, 0.4) is 0 Å². The topological polar surface area (TPSA) is 50.6 Å². The predicted octanol–water partition coefficient (Wildman–Crippen LogP) is 6.39. The van der Waals surface area contributed by atoms with Crippen molar-refractivity contribution in [3.63, 3.8) is 0 Å². The van der Waals surface area contributed by atoms with Crippen molar-refractivity contribution in [3.05, 3.63) is 95.8 Å². The number of hydrogen-bond acceptors (Lipinski definition) is 4. The number of rotatable bonds is 10. The van der Waals surface area contributed by atoms with E-state index in [0.717, 1.165) is 68.8 Å². The highest BCUT2D eigenvalue weighted by Gasteiger charge is 2.24. The molecule has 1 aromatic heterocycles. The Hall–Kier alpha value is -3.64. The summed E-state index contributed by atoms with van der Waals surface area (Å²) in [5.74, 6) is 1.20. The maximum absolute atomic E-state index is 12.9. The van der Waals surface area contributed by atoms with E-state index in [1.54, 1.807) is 7.11 Å². The standard InChI is InChI=1S/C33H40N4O2/c1-4-36(5-2)33(38)26-15-13-25(14-16-26)30(27-9-8-10-29(23-27)39-3)19-22-35-20-17-28(18-21-35)37-24-34-31-11-6-7-12-32(31)37/h6-16,23-24,28,30H,4-5,17-22H2,1-3H3. The van der Waals surface area contributed by atoms with Crippen molar-refractivity contribution < 1.29 is 9.53 Å². The summed E-state index contributed by atoms with van der Waals surface area (Å²) in [6, 6.07) is 25.6. The molecule has 4 aromatic rings. The summed E-state index contributed by atoms with van der Waals surface area (Å²) < 4.78 is 7.91. The first kappa shape index (κ1) is 26.9. The minimum absolute atomic E-state index is 0.0954. The van der Waals surface area contributed by atoms with Crippen molar-refractivity contribution >= 4 is 16.9 Å². The van der Waals surface area contributed by atoms with Gasteiger partial charge >= 0.3 is 0 Å². The van der Waals surface area contributed by atoms with Gasteiger partial charge in [0.15, 0.2) is 0 Å². The van der Waals surface area contributed by atoms with Crippen molar-refractivity contribution in [1.82, 2.24) is 19.4 Å². The van der Waals surface area contributed by atoms with E-state index in [1.807, 2.05) is 43.3 Å². The molecular weight excluding hydrogens is 484 g/mol. The minimum Gasteiger partial charge on any atom is -0.497 e. The third-order valence-electron chi connectivity index (χ3n) is 8.27. The number of ether oxygens (including phenoxy) is 1. The van der Waals surface area contributed by atoms with Gasteiger partial charge in [0.2, 0.25) is 0 Å². The van der Waals surface area contributed by atoms with Gasteiger partial charge in [-0.15, -0.1) is 0 Å². The first-order chi connectivity index (χ1) is 19.1. The Kier molecular flexibility index (Phi) is 8.62. The molecule has 6 heteroatoms. The molecule has 5 rings (SSSR count). The second-order valence-electron chi connectivity index (χ2n) is 10.4. The summed E-state index contributed by atoms with van der Waals surface area (Å²) in [7, 11) is 1.72. The van der Waals surface area contributed by atoms with Crippen LogP contribution in [0.5, 0.6) is 5.75 Å². The zero-order valence-corrected chi connectivity index (χ0v) is 23.4. The van der Waals surface area contributed by atoms with E-state index in [9.17, 15) is 4.79 Å². The number of fused-ring (bicyclic) bond motifs is 1. The average Bonchev–Trinajstić information content (AvgIpc) is 3.43. The van der Waals surface area contributed by atoms with Crippen LogP contribution in [-0.4, -0.2) is 65.1 Å². The predicted molar refractivity (Wildman–Crippen MR) is 158 cm³/mol. The van der Waals surface area contributed by atoms with E-state index in [-0.39, 0.29) is 11.8 Å². The fourth-order valence-electron chi connectivity index (χ4n) is 5.94. The summed E-state index contributed by atoms with van der Waals surface area (Å²) in [5.41, 5.74) is 5.54. The van der Waals surface area contributed by atoms with Gasteiger partial charge in [0.25, 0.3) is 5.91 Å². The summed E-state index contributed by atoms with van der Waals surface area (Å²) in [6.45, 7) is 8.68. The lowest BCUT2D eigenvalue weighted by molar-refractivity contribution is 0.0773. The molecule has 3 aromatic carbocycles. The molecule has 0 N–H and O–H groups in total. The van der Waals surface area contributed by atoms with Gasteiger partial charge in [0.05, 0.1) is 24.5 Å². The number of likely N-dealkylation sites (tertiary alicyclic amines) is 1. The van der Waals surface area contributed by atoms with Crippen LogP contribution in [0.25, 0.3) is 11.0 Å². The molecule has 39 heavy (non-hydrogen) atoms. The monoisotopic (exact) mass is 524 g/mol. The highest BCUT2D eigenvalue weighted by Crippen LogP contribution is 2.32. The van der Waals surface area contributed by atoms with Crippen LogP contribution in [0.15, 0.2) is 79.1 Å². The lowest BCUT2D eigenvalue weighted by Gasteiger charge is -2.34. The number of imidazole rings is 1. The van der Waals surface area contributed by atoms with Crippen LogP contribution < -0.4 is 4.74 Å². The van der Waals surface area contributed by atoms with E-state index < -0.39 is 0 Å². The Morgan fingerprint density at radius 1 is 0.974 bits per heavy atom. The van der Waals surface area contributed by atoms with Crippen LogP contribution in [0.2, 0.25) is 0 Å². The molecule has 0 radical (unpaired) electrons. The first-order valence-electron chi connectivity index (χ1n) is 14.3. The van der Waals surface area contributed by atoms with E-state index in [0.29, 0.717) is 6.04 Å². The molecule has 2 heterocycles. The van der Waals surface area contributed by atoms with Gasteiger partial charge in [-0.1, -0.05) is 36.4 Å². The van der Waals surface area contributed by atoms with Crippen LogP contribution >= 0.6 is 0 Å². The molecule has 1 atom stereocenters. The Balaban J connectivity index is 1.28. The van der Waals surface area contributed by atoms with Gasteiger partial charge in [-0.2, -0.15) is 0 Å². The molecule has 0 saturated carbocycles. The zero-order valence-electron chi connectivity index (χ0n) is 23.4. The molecule has 0 spiro atoms. The van der Waals surface area contributed by atoms with Crippen molar-refractivity contribution in [3.8, 4) is 5.75 Å². The van der Waals surface area contributed by atoms with E-state index in [1.165, 1.54) is 16.6 Å². The zero-order chi connectivity index (χ0) is 27.2. The van der Waals surface area contributed by atoms with Gasteiger partial charge in [-0.25, -0.2) is 4.98 Å². The van der Waals surface area contributed by atoms with Crippen molar-refractivity contribution in [2.24, 2.45) is 0 Å². The number of carbonyl (C=O) groups excluding carboxylic acids is 1. The van der Waals surface area contributed by atoms with Crippen molar-refractivity contribution in [1.29, 1.82) is 0 Å². The minimum atomic E-state index is 0.0954. The molecule has 1 aliphatic rings. The molecule has 0 aliphatic carbocycles. The second kappa shape index (κ2) is 12.5. The molecule has 1 amide bonds. The molecule has 204 valence electrons. The van der Waals surface area contributed by atoms with Crippen LogP contribution in [-0.2, 0) is 0 Å². The Morgan fingerprint density at radius 3 is 2.44 bits per heavy atom. The highest BCUT2D eigenvalue weighted by molar-refractivity contribution is 5.94. The number of aromatic nitrogens is 2. The first-order valence-corrected chi connectivity index (χ1v) is 14.3. The highest BCUT2D eigenvalue weighted by atomic mass is 16.5. The molecule has 1 unspecified atom stereocenters. The van der Waals surface area contributed by atoms with Crippen molar-refractivity contribution in [2.45, 2.75) is 45.1 Å². The third kappa shape index (κ3) is 6.01. The van der Waals surface area contributed by atoms with Gasteiger partial charge < -0.3 is 19.1 Å². The van der Waals surface area contributed by atoms with Gasteiger partial charge in [-0.05, 0) is 87.2 Å². The molecule has 1 fully saturated rings. The lowest BCUT2D eigenvalue weighted by atomic mass is 9.87. The fourth-order valence-corrected chi connectivity index (χ4v) is 5.94. The number of nitrogens with zero attached hydrogens (tertiary/aromatic N) is 4. The number of hydrogen-bond donors (Lipinski definition) is 0. The number of piperidine rings is 1. The summed E-state index contributed by atoms with van der Waals surface area (Å²) >= 11 is 0. The maximum Gasteiger partial charge on any atom is 0.253 e. The molecule has 1 aliphatic heterocycles. The number of amides is 1. The number of benzene rings is 3. The van der Waals surface area contributed by atoms with Crippen LogP contribution in [0.4, 0.5) is 0 Å². The van der Waals surface area contributed by atoms with E-state index >= 15 is 0 Å². The van der Waals surface area contributed by atoms with Crippen molar-refractivity contribution in [2.75, 3.05) is 39.8 Å². The summed E-state index contributed by atoms with van der Waals surface area (Å²) in [4.78, 5) is 21.9. The Labute approximate surface area is 232 Å². The maximum atomic E-state index is 12.9.